The highest BCUT2D eigenvalue weighted by Crippen LogP contribution is 2.37. The molecule has 0 amide bonds. The lowest BCUT2D eigenvalue weighted by Crippen LogP contribution is -2.06. The molecule has 0 radical (unpaired) electrons. The van der Waals surface area contributed by atoms with Crippen molar-refractivity contribution in [3.05, 3.63) is 63.0 Å². The number of fused-ring (bicyclic) bond motifs is 3. The Hall–Kier alpha value is -2.22. The van der Waals surface area contributed by atoms with Gasteiger partial charge in [0.2, 0.25) is 0 Å². The van der Waals surface area contributed by atoms with Crippen LogP contribution in [0.3, 0.4) is 0 Å². The van der Waals surface area contributed by atoms with E-state index in [4.69, 9.17) is 21.3 Å². The molecule has 146 valence electrons. The van der Waals surface area contributed by atoms with E-state index in [9.17, 15) is 4.79 Å². The van der Waals surface area contributed by atoms with Gasteiger partial charge in [-0.3, -0.25) is 14.4 Å². The molecule has 9 heteroatoms. The first-order valence-corrected chi connectivity index (χ1v) is 9.67. The van der Waals surface area contributed by atoms with Gasteiger partial charge in [-0.2, -0.15) is 0 Å². The smallest absolute Gasteiger partial charge is 0.303 e. The van der Waals surface area contributed by atoms with Crippen LogP contribution < -0.4 is 0 Å². The summed E-state index contributed by atoms with van der Waals surface area (Å²) in [4.78, 5) is 17.1. The summed E-state index contributed by atoms with van der Waals surface area (Å²) in [6.45, 7) is 5.60. The third-order valence-electron chi connectivity index (χ3n) is 4.33. The molecule has 0 saturated carbocycles. The molecule has 0 saturated heterocycles. The highest BCUT2D eigenvalue weighted by atomic mass is 35.5. The SMILES string of the molecule is CC(=O)OC(C)c1cc2c(s1)-n1c(C)nnc1CN=C2c1ccccc1Cl.Cl. The van der Waals surface area contributed by atoms with E-state index in [1.54, 1.807) is 11.3 Å². The summed E-state index contributed by atoms with van der Waals surface area (Å²) in [5.74, 6) is 1.24. The van der Waals surface area contributed by atoms with Gasteiger partial charge in [0.1, 0.15) is 23.5 Å². The summed E-state index contributed by atoms with van der Waals surface area (Å²) in [5.41, 5.74) is 2.60. The lowest BCUT2D eigenvalue weighted by Gasteiger charge is -2.09. The second-order valence-corrected chi connectivity index (χ2v) is 7.73. The number of hydrogen-bond donors (Lipinski definition) is 0. The maximum atomic E-state index is 11.4. The number of carbonyl (C=O) groups excluding carboxylic acids is 1. The van der Waals surface area contributed by atoms with Gasteiger partial charge in [-0.25, -0.2) is 0 Å². The van der Waals surface area contributed by atoms with E-state index in [1.165, 1.54) is 6.92 Å². The number of nitrogens with zero attached hydrogens (tertiary/aromatic N) is 4. The van der Waals surface area contributed by atoms with E-state index in [-0.39, 0.29) is 24.5 Å². The fraction of sp³-hybridized carbons (Fsp3) is 0.263. The van der Waals surface area contributed by atoms with E-state index < -0.39 is 0 Å². The third-order valence-corrected chi connectivity index (χ3v) is 5.94. The number of ether oxygens (including phenoxy) is 1. The summed E-state index contributed by atoms with van der Waals surface area (Å²) >= 11 is 8.00. The molecule has 3 aromatic rings. The van der Waals surface area contributed by atoms with Crippen molar-refractivity contribution < 1.29 is 9.53 Å². The van der Waals surface area contributed by atoms with Crippen LogP contribution in [-0.2, 0) is 16.1 Å². The monoisotopic (exact) mass is 436 g/mol. The number of aryl methyl sites for hydroxylation is 1. The molecule has 4 rings (SSSR count). The average molecular weight is 437 g/mol. The van der Waals surface area contributed by atoms with Crippen LogP contribution >= 0.6 is 35.3 Å². The van der Waals surface area contributed by atoms with Crippen LogP contribution in [0.4, 0.5) is 0 Å². The largest absolute Gasteiger partial charge is 0.457 e. The van der Waals surface area contributed by atoms with E-state index in [0.29, 0.717) is 11.6 Å². The second kappa shape index (κ2) is 8.03. The number of aromatic nitrogens is 3. The fourth-order valence-electron chi connectivity index (χ4n) is 3.13. The lowest BCUT2D eigenvalue weighted by atomic mass is 10.0. The van der Waals surface area contributed by atoms with Gasteiger partial charge in [0, 0.05) is 28.0 Å². The van der Waals surface area contributed by atoms with Crippen LogP contribution in [-0.4, -0.2) is 26.4 Å². The lowest BCUT2D eigenvalue weighted by molar-refractivity contribution is -0.145. The van der Waals surface area contributed by atoms with Gasteiger partial charge in [-0.15, -0.1) is 33.9 Å². The quantitative estimate of drug-likeness (QED) is 0.558. The summed E-state index contributed by atoms with van der Waals surface area (Å²) in [5, 5.41) is 10.1. The summed E-state index contributed by atoms with van der Waals surface area (Å²) in [6, 6.07) is 9.66. The Balaban J connectivity index is 0.00000225. The van der Waals surface area contributed by atoms with Crippen LogP contribution in [0.2, 0.25) is 5.02 Å². The molecule has 1 atom stereocenters. The molecule has 0 N–H and O–H groups in total. The van der Waals surface area contributed by atoms with Crippen LogP contribution in [0.5, 0.6) is 0 Å². The minimum atomic E-state index is -0.354. The number of aliphatic imine (C=N–C) groups is 1. The zero-order valence-electron chi connectivity index (χ0n) is 15.5. The summed E-state index contributed by atoms with van der Waals surface area (Å²) in [6.07, 6.45) is -0.354. The van der Waals surface area contributed by atoms with Gasteiger partial charge in [-0.1, -0.05) is 29.8 Å². The molecular weight excluding hydrogens is 419 g/mol. The molecule has 3 heterocycles. The second-order valence-electron chi connectivity index (χ2n) is 6.26. The Kier molecular flexibility index (Phi) is 5.88. The van der Waals surface area contributed by atoms with Gasteiger partial charge in [-0.05, 0) is 26.0 Å². The molecule has 0 aliphatic carbocycles. The van der Waals surface area contributed by atoms with Crippen molar-refractivity contribution >= 4 is 47.0 Å². The van der Waals surface area contributed by atoms with E-state index >= 15 is 0 Å². The minimum absolute atomic E-state index is 0. The standard InChI is InChI=1S/C19H17ClN4O2S.ClH/c1-10(26-12(3)25)16-8-14-18(13-6-4-5-7-15(13)20)21-9-17-23-22-11(2)24(17)19(14)27-16;/h4-8,10H,9H2,1-3H3;1H. The molecule has 2 aromatic heterocycles. The molecule has 0 bridgehead atoms. The molecule has 28 heavy (non-hydrogen) atoms. The Morgan fingerprint density at radius 2 is 2.04 bits per heavy atom. The molecule has 6 nitrogen and oxygen atoms in total. The number of halogens is 2. The predicted octanol–water partition coefficient (Wildman–Crippen LogP) is 4.69. The highest BCUT2D eigenvalue weighted by Gasteiger charge is 2.27. The maximum absolute atomic E-state index is 11.4. The van der Waals surface area contributed by atoms with Crippen molar-refractivity contribution in [2.45, 2.75) is 33.4 Å². The number of carbonyl (C=O) groups is 1. The van der Waals surface area contributed by atoms with E-state index in [0.717, 1.165) is 38.4 Å². The van der Waals surface area contributed by atoms with Gasteiger partial charge in [0.15, 0.2) is 5.82 Å². The number of thiophene rings is 1. The Bertz CT molecular complexity index is 1070. The van der Waals surface area contributed by atoms with Crippen LogP contribution in [0.25, 0.3) is 5.00 Å². The Morgan fingerprint density at radius 3 is 2.75 bits per heavy atom. The molecule has 0 spiro atoms. The van der Waals surface area contributed by atoms with E-state index in [2.05, 4.69) is 10.2 Å². The summed E-state index contributed by atoms with van der Waals surface area (Å²) in [7, 11) is 0. The average Bonchev–Trinajstić information content (AvgIpc) is 3.16. The van der Waals surface area contributed by atoms with Crippen molar-refractivity contribution in [3.8, 4) is 5.00 Å². The molecule has 1 aliphatic heterocycles. The third kappa shape index (κ3) is 3.57. The van der Waals surface area contributed by atoms with Crippen LogP contribution in [0.15, 0.2) is 35.3 Å². The number of hydrogen-bond acceptors (Lipinski definition) is 6. The van der Waals surface area contributed by atoms with Crippen molar-refractivity contribution in [2.75, 3.05) is 0 Å². The van der Waals surface area contributed by atoms with Crippen molar-refractivity contribution in [1.82, 2.24) is 14.8 Å². The Morgan fingerprint density at radius 1 is 1.29 bits per heavy atom. The van der Waals surface area contributed by atoms with Crippen LogP contribution in [0.1, 0.15) is 47.6 Å². The zero-order valence-corrected chi connectivity index (χ0v) is 17.9. The number of rotatable bonds is 3. The molecule has 1 unspecified atom stereocenters. The zero-order chi connectivity index (χ0) is 19.1. The maximum Gasteiger partial charge on any atom is 0.303 e. The summed E-state index contributed by atoms with van der Waals surface area (Å²) < 4.78 is 7.39. The number of esters is 1. The first kappa shape index (κ1) is 20.5. The van der Waals surface area contributed by atoms with Gasteiger partial charge >= 0.3 is 5.97 Å². The van der Waals surface area contributed by atoms with Gasteiger partial charge < -0.3 is 4.74 Å². The van der Waals surface area contributed by atoms with Gasteiger partial charge in [0.25, 0.3) is 0 Å². The van der Waals surface area contributed by atoms with Crippen molar-refractivity contribution in [3.63, 3.8) is 0 Å². The van der Waals surface area contributed by atoms with E-state index in [1.807, 2.05) is 48.7 Å². The number of benzene rings is 1. The molecule has 1 aliphatic rings. The minimum Gasteiger partial charge on any atom is -0.457 e. The first-order chi connectivity index (χ1) is 13.0. The fourth-order valence-corrected chi connectivity index (χ4v) is 4.57. The predicted molar refractivity (Wildman–Crippen MR) is 112 cm³/mol. The highest BCUT2D eigenvalue weighted by molar-refractivity contribution is 7.15. The first-order valence-electron chi connectivity index (χ1n) is 8.47. The topological polar surface area (TPSA) is 69.4 Å². The van der Waals surface area contributed by atoms with Crippen LogP contribution in [0, 0.1) is 6.92 Å². The van der Waals surface area contributed by atoms with Crippen molar-refractivity contribution in [2.24, 2.45) is 4.99 Å². The molecule has 1 aromatic carbocycles. The Labute approximate surface area is 177 Å². The van der Waals surface area contributed by atoms with Gasteiger partial charge in [0.05, 0.1) is 5.71 Å². The normalized spacial score (nSPS) is 13.5. The van der Waals surface area contributed by atoms with Crippen molar-refractivity contribution in [1.29, 1.82) is 0 Å². The molecular formula is C19H18Cl2N4O2S. The molecule has 0 fully saturated rings.